The van der Waals surface area contributed by atoms with Crippen LogP contribution in [-0.2, 0) is 16.0 Å². The predicted octanol–water partition coefficient (Wildman–Crippen LogP) is 3.59. The summed E-state index contributed by atoms with van der Waals surface area (Å²) in [4.78, 5) is 26.7. The third-order valence-corrected chi connectivity index (χ3v) is 7.66. The molecule has 2 aliphatic rings. The molecule has 0 spiro atoms. The summed E-state index contributed by atoms with van der Waals surface area (Å²) in [6.07, 6.45) is 1.16. The number of nitrogens with one attached hydrogen (secondary N) is 1. The van der Waals surface area contributed by atoms with E-state index in [9.17, 15) is 4.79 Å². The van der Waals surface area contributed by atoms with Crippen molar-refractivity contribution in [3.8, 4) is 11.5 Å². The number of anilines is 2. The van der Waals surface area contributed by atoms with Crippen LogP contribution < -0.4 is 10.2 Å². The summed E-state index contributed by atoms with van der Waals surface area (Å²) < 4.78 is 16.6. The maximum atomic E-state index is 13.1. The lowest BCUT2D eigenvalue weighted by atomic mass is 10.0. The van der Waals surface area contributed by atoms with Crippen molar-refractivity contribution in [2.75, 3.05) is 50.2 Å². The minimum atomic E-state index is -0.278. The number of hydrogen-bond acceptors (Lipinski definition) is 10. The van der Waals surface area contributed by atoms with E-state index in [0.29, 0.717) is 41.9 Å². The molecule has 1 atom stereocenters. The van der Waals surface area contributed by atoms with Crippen LogP contribution in [-0.4, -0.2) is 77.5 Å². The fourth-order valence-electron chi connectivity index (χ4n) is 4.58. The number of morpholine rings is 1. The molecule has 1 amide bonds. The molecule has 1 aromatic carbocycles. The van der Waals surface area contributed by atoms with Crippen LogP contribution in [0.25, 0.3) is 11.5 Å². The quantitative estimate of drug-likeness (QED) is 0.508. The van der Waals surface area contributed by atoms with Gasteiger partial charge in [0.2, 0.25) is 0 Å². The first-order chi connectivity index (χ1) is 17.3. The standard InChI is InChI=1S/C25H32N6O4S/c1-16-26-23(35-29-16)19-11-17(12-31-9-10-34-15-25(31,2)3)5-6-20(19)27-22(32)21-14-36-24(28-21)30-8-7-18(13-30)33-4/h5-6,11,14,18H,7-10,12-13,15H2,1-4H3,(H,27,32)/t18-/m0/s1. The van der Waals surface area contributed by atoms with Crippen molar-refractivity contribution < 1.29 is 18.8 Å². The van der Waals surface area contributed by atoms with E-state index in [1.807, 2.05) is 18.2 Å². The average Bonchev–Trinajstić information content (AvgIpc) is 3.61. The lowest BCUT2D eigenvalue weighted by molar-refractivity contribution is -0.0552. The number of benzene rings is 1. The van der Waals surface area contributed by atoms with Crippen LogP contribution in [0.2, 0.25) is 0 Å². The van der Waals surface area contributed by atoms with E-state index in [1.165, 1.54) is 11.3 Å². The number of carbonyl (C=O) groups excluding carboxylic acids is 1. The molecular weight excluding hydrogens is 480 g/mol. The van der Waals surface area contributed by atoms with Crippen LogP contribution in [0.4, 0.5) is 10.8 Å². The molecule has 2 aromatic heterocycles. The van der Waals surface area contributed by atoms with Gasteiger partial charge in [-0.3, -0.25) is 9.69 Å². The Morgan fingerprint density at radius 1 is 1.31 bits per heavy atom. The summed E-state index contributed by atoms with van der Waals surface area (Å²) in [6.45, 7) is 10.8. The average molecular weight is 513 g/mol. The van der Waals surface area contributed by atoms with Gasteiger partial charge >= 0.3 is 0 Å². The zero-order valence-electron chi connectivity index (χ0n) is 21.1. The second-order valence-electron chi connectivity index (χ2n) is 9.88. The summed E-state index contributed by atoms with van der Waals surface area (Å²) in [5.41, 5.74) is 2.69. The fourth-order valence-corrected chi connectivity index (χ4v) is 5.42. The van der Waals surface area contributed by atoms with Gasteiger partial charge in [-0.1, -0.05) is 11.2 Å². The molecule has 2 aliphatic heterocycles. The summed E-state index contributed by atoms with van der Waals surface area (Å²) >= 11 is 1.47. The van der Waals surface area contributed by atoms with E-state index < -0.39 is 0 Å². The van der Waals surface area contributed by atoms with Gasteiger partial charge in [-0.05, 0) is 44.9 Å². The Morgan fingerprint density at radius 3 is 2.89 bits per heavy atom. The normalized spacial score (nSPS) is 20.1. The maximum absolute atomic E-state index is 13.1. The monoisotopic (exact) mass is 512 g/mol. The van der Waals surface area contributed by atoms with Gasteiger partial charge in [0.1, 0.15) is 5.69 Å². The van der Waals surface area contributed by atoms with E-state index >= 15 is 0 Å². The topological polar surface area (TPSA) is 106 Å². The smallest absolute Gasteiger partial charge is 0.275 e. The SMILES string of the molecule is CO[C@H]1CCN(c2nc(C(=O)Nc3ccc(CN4CCOCC4(C)C)cc3-c3nc(C)no3)cs2)C1. The molecule has 0 unspecified atom stereocenters. The molecule has 1 N–H and O–H groups in total. The zero-order chi connectivity index (χ0) is 25.3. The highest BCUT2D eigenvalue weighted by molar-refractivity contribution is 7.14. The number of amides is 1. The number of ether oxygens (including phenoxy) is 2. The van der Waals surface area contributed by atoms with Crippen molar-refractivity contribution in [2.45, 2.75) is 45.4 Å². The molecule has 3 aromatic rings. The zero-order valence-corrected chi connectivity index (χ0v) is 21.9. The first-order valence-electron chi connectivity index (χ1n) is 12.1. The van der Waals surface area contributed by atoms with E-state index in [2.05, 4.69) is 44.1 Å². The van der Waals surface area contributed by atoms with Crippen molar-refractivity contribution in [1.29, 1.82) is 0 Å². The van der Waals surface area contributed by atoms with Crippen LogP contribution in [0.3, 0.4) is 0 Å². The molecule has 0 saturated carbocycles. The second-order valence-corrected chi connectivity index (χ2v) is 10.7. The van der Waals surface area contributed by atoms with E-state index in [4.69, 9.17) is 14.0 Å². The third-order valence-electron chi connectivity index (χ3n) is 6.75. The molecule has 10 nitrogen and oxygen atoms in total. The van der Waals surface area contributed by atoms with Gasteiger partial charge < -0.3 is 24.2 Å². The summed E-state index contributed by atoms with van der Waals surface area (Å²) in [7, 11) is 1.73. The van der Waals surface area contributed by atoms with E-state index in [0.717, 1.165) is 43.3 Å². The number of rotatable bonds is 7. The molecule has 0 radical (unpaired) electrons. The number of nitrogens with zero attached hydrogens (tertiary/aromatic N) is 5. The first kappa shape index (κ1) is 24.8. The lowest BCUT2D eigenvalue weighted by Crippen LogP contribution is -2.52. The van der Waals surface area contributed by atoms with Crippen molar-refractivity contribution >= 4 is 28.1 Å². The van der Waals surface area contributed by atoms with Crippen molar-refractivity contribution in [1.82, 2.24) is 20.0 Å². The highest BCUT2D eigenvalue weighted by Gasteiger charge is 2.31. The Bertz CT molecular complexity index is 1220. The fraction of sp³-hybridized carbons (Fsp3) is 0.520. The molecule has 0 aliphatic carbocycles. The number of thiazole rings is 1. The highest BCUT2D eigenvalue weighted by atomic mass is 32.1. The first-order valence-corrected chi connectivity index (χ1v) is 13.0. The number of carbonyl (C=O) groups is 1. The van der Waals surface area contributed by atoms with Crippen molar-refractivity contribution in [3.05, 3.63) is 40.7 Å². The van der Waals surface area contributed by atoms with Gasteiger partial charge in [-0.15, -0.1) is 11.3 Å². The molecule has 192 valence electrons. The number of hydrogen-bond donors (Lipinski definition) is 1. The van der Waals surface area contributed by atoms with Gasteiger partial charge in [-0.25, -0.2) is 4.98 Å². The van der Waals surface area contributed by atoms with Gasteiger partial charge in [0.25, 0.3) is 11.8 Å². The van der Waals surface area contributed by atoms with Gasteiger partial charge in [0.15, 0.2) is 11.0 Å². The Kier molecular flexibility index (Phi) is 7.07. The summed E-state index contributed by atoms with van der Waals surface area (Å²) in [6, 6.07) is 5.93. The predicted molar refractivity (Wildman–Crippen MR) is 137 cm³/mol. The second kappa shape index (κ2) is 10.3. The van der Waals surface area contributed by atoms with Crippen LogP contribution in [0.5, 0.6) is 0 Å². The van der Waals surface area contributed by atoms with Crippen LogP contribution in [0.15, 0.2) is 28.1 Å². The Balaban J connectivity index is 1.36. The van der Waals surface area contributed by atoms with Crippen molar-refractivity contribution in [2.24, 2.45) is 0 Å². The highest BCUT2D eigenvalue weighted by Crippen LogP contribution is 2.31. The minimum absolute atomic E-state index is 0.0622. The van der Waals surface area contributed by atoms with Crippen LogP contribution in [0, 0.1) is 6.92 Å². The van der Waals surface area contributed by atoms with Crippen LogP contribution in [0.1, 0.15) is 42.1 Å². The Labute approximate surface area is 214 Å². The molecule has 5 rings (SSSR count). The number of methoxy groups -OCH3 is 1. The number of aryl methyl sites for hydroxylation is 1. The molecule has 36 heavy (non-hydrogen) atoms. The minimum Gasteiger partial charge on any atom is -0.380 e. The lowest BCUT2D eigenvalue weighted by Gasteiger charge is -2.42. The van der Waals surface area contributed by atoms with Gasteiger partial charge in [0.05, 0.1) is 30.6 Å². The molecule has 4 heterocycles. The largest absolute Gasteiger partial charge is 0.380 e. The van der Waals surface area contributed by atoms with Crippen molar-refractivity contribution in [3.63, 3.8) is 0 Å². The van der Waals surface area contributed by atoms with E-state index in [-0.39, 0.29) is 17.6 Å². The maximum Gasteiger partial charge on any atom is 0.275 e. The molecule has 0 bridgehead atoms. The molecule has 2 saturated heterocycles. The Morgan fingerprint density at radius 2 is 2.17 bits per heavy atom. The number of aromatic nitrogens is 3. The summed E-state index contributed by atoms with van der Waals surface area (Å²) in [5, 5.41) is 9.57. The van der Waals surface area contributed by atoms with Gasteiger partial charge in [0, 0.05) is 44.2 Å². The van der Waals surface area contributed by atoms with E-state index in [1.54, 1.807) is 19.4 Å². The summed E-state index contributed by atoms with van der Waals surface area (Å²) in [5.74, 6) is 0.623. The molecule has 2 fully saturated rings. The Hall–Kier alpha value is -2.86. The molecular formula is C25H32N6O4S. The van der Waals surface area contributed by atoms with Crippen LogP contribution >= 0.6 is 11.3 Å². The third kappa shape index (κ3) is 5.29. The van der Waals surface area contributed by atoms with Gasteiger partial charge in [-0.2, -0.15) is 4.98 Å². The molecule has 11 heteroatoms.